The first-order valence-electron chi connectivity index (χ1n) is 5.47. The number of amides is 1. The lowest BCUT2D eigenvalue weighted by Crippen LogP contribution is -2.49. The number of rotatable bonds is 3. The summed E-state index contributed by atoms with van der Waals surface area (Å²) in [5.41, 5.74) is 0. The Bertz CT molecular complexity index is 332. The van der Waals surface area contributed by atoms with Gasteiger partial charge in [-0.15, -0.1) is 11.3 Å². The number of aliphatic hydroxyl groups is 1. The summed E-state index contributed by atoms with van der Waals surface area (Å²) >= 11 is 1.49. The molecule has 5 heteroatoms. The van der Waals surface area contributed by atoms with Crippen LogP contribution in [0.3, 0.4) is 0 Å². The molecule has 1 fully saturated rings. The van der Waals surface area contributed by atoms with E-state index in [1.165, 1.54) is 11.3 Å². The second-order valence-corrected chi connectivity index (χ2v) is 4.78. The van der Waals surface area contributed by atoms with Crippen molar-refractivity contribution in [3.05, 3.63) is 22.4 Å². The van der Waals surface area contributed by atoms with Crippen LogP contribution in [0, 0.1) is 0 Å². The van der Waals surface area contributed by atoms with Gasteiger partial charge < -0.3 is 10.0 Å². The molecule has 88 valence electrons. The van der Waals surface area contributed by atoms with E-state index in [0.717, 1.165) is 31.1 Å². The van der Waals surface area contributed by atoms with Crippen molar-refractivity contribution in [3.63, 3.8) is 0 Å². The van der Waals surface area contributed by atoms with Gasteiger partial charge in [-0.2, -0.15) is 0 Å². The molecule has 4 nitrogen and oxygen atoms in total. The molecule has 0 bridgehead atoms. The van der Waals surface area contributed by atoms with Crippen LogP contribution in [0.4, 0.5) is 0 Å². The van der Waals surface area contributed by atoms with Gasteiger partial charge in [-0.1, -0.05) is 6.07 Å². The third-order valence-electron chi connectivity index (χ3n) is 2.81. The molecule has 0 aromatic carbocycles. The predicted octanol–water partition coefficient (Wildman–Crippen LogP) is 0.498. The van der Waals surface area contributed by atoms with Gasteiger partial charge >= 0.3 is 0 Å². The van der Waals surface area contributed by atoms with Crippen LogP contribution >= 0.6 is 11.3 Å². The summed E-state index contributed by atoms with van der Waals surface area (Å²) in [5.74, 6) is 0.138. The quantitative estimate of drug-likeness (QED) is 0.836. The predicted molar refractivity (Wildman–Crippen MR) is 63.7 cm³/mol. The van der Waals surface area contributed by atoms with E-state index in [1.807, 2.05) is 22.4 Å². The molecule has 1 N–H and O–H groups in total. The van der Waals surface area contributed by atoms with Gasteiger partial charge in [-0.25, -0.2) is 0 Å². The van der Waals surface area contributed by atoms with Crippen LogP contribution in [-0.4, -0.2) is 60.1 Å². The topological polar surface area (TPSA) is 43.8 Å². The van der Waals surface area contributed by atoms with Crippen molar-refractivity contribution in [2.24, 2.45) is 0 Å². The fourth-order valence-corrected chi connectivity index (χ4v) is 2.56. The number of hydrogen-bond donors (Lipinski definition) is 1. The molecule has 0 aliphatic carbocycles. The molecule has 1 aliphatic rings. The van der Waals surface area contributed by atoms with Crippen LogP contribution in [0.2, 0.25) is 0 Å². The standard InChI is InChI=1S/C11H16N2O2S/c14-8-7-12-3-5-13(6-4-12)11(15)10-2-1-9-16-10/h1-2,9,14H,3-8H2. The highest BCUT2D eigenvalue weighted by atomic mass is 32.1. The third kappa shape index (κ3) is 2.61. The highest BCUT2D eigenvalue weighted by Gasteiger charge is 2.21. The maximum atomic E-state index is 12.0. The Labute approximate surface area is 99.1 Å². The Kier molecular flexibility index (Phi) is 3.93. The van der Waals surface area contributed by atoms with E-state index in [9.17, 15) is 4.79 Å². The number of thiophene rings is 1. The van der Waals surface area contributed by atoms with Crippen LogP contribution < -0.4 is 0 Å². The van der Waals surface area contributed by atoms with E-state index >= 15 is 0 Å². The molecule has 1 aromatic rings. The lowest BCUT2D eigenvalue weighted by molar-refractivity contribution is 0.0619. The van der Waals surface area contributed by atoms with E-state index in [2.05, 4.69) is 4.90 Å². The second-order valence-electron chi connectivity index (χ2n) is 3.83. The minimum Gasteiger partial charge on any atom is -0.395 e. The molecule has 1 aliphatic heterocycles. The number of hydrogen-bond acceptors (Lipinski definition) is 4. The van der Waals surface area contributed by atoms with Crippen LogP contribution in [-0.2, 0) is 0 Å². The zero-order valence-electron chi connectivity index (χ0n) is 9.13. The number of carbonyl (C=O) groups excluding carboxylic acids is 1. The van der Waals surface area contributed by atoms with Gasteiger partial charge in [0, 0.05) is 32.7 Å². The van der Waals surface area contributed by atoms with Gasteiger partial charge in [0.1, 0.15) is 0 Å². The molecule has 1 amide bonds. The van der Waals surface area contributed by atoms with Crippen molar-refractivity contribution >= 4 is 17.2 Å². The second kappa shape index (κ2) is 5.43. The first kappa shape index (κ1) is 11.6. The number of piperazine rings is 1. The summed E-state index contributed by atoms with van der Waals surface area (Å²) in [6, 6.07) is 3.77. The van der Waals surface area contributed by atoms with Gasteiger partial charge in [0.15, 0.2) is 0 Å². The SMILES string of the molecule is O=C(c1cccs1)N1CCN(CCO)CC1. The maximum absolute atomic E-state index is 12.0. The molecule has 0 saturated carbocycles. The molecule has 0 unspecified atom stereocenters. The summed E-state index contributed by atoms with van der Waals surface area (Å²) in [6.45, 7) is 4.14. The van der Waals surface area contributed by atoms with E-state index < -0.39 is 0 Å². The molecule has 2 heterocycles. The highest BCUT2D eigenvalue weighted by Crippen LogP contribution is 2.13. The highest BCUT2D eigenvalue weighted by molar-refractivity contribution is 7.12. The summed E-state index contributed by atoms with van der Waals surface area (Å²) in [7, 11) is 0. The van der Waals surface area contributed by atoms with Crippen molar-refractivity contribution in [2.75, 3.05) is 39.3 Å². The Morgan fingerprint density at radius 3 is 2.69 bits per heavy atom. The minimum atomic E-state index is 0.138. The van der Waals surface area contributed by atoms with E-state index in [-0.39, 0.29) is 12.5 Å². The summed E-state index contributed by atoms with van der Waals surface area (Å²) in [6.07, 6.45) is 0. The van der Waals surface area contributed by atoms with Crippen molar-refractivity contribution < 1.29 is 9.90 Å². The summed E-state index contributed by atoms with van der Waals surface area (Å²) < 4.78 is 0. The molecule has 16 heavy (non-hydrogen) atoms. The average Bonchev–Trinajstić information content (AvgIpc) is 2.83. The van der Waals surface area contributed by atoms with Gasteiger partial charge in [0.05, 0.1) is 11.5 Å². The molecular formula is C11H16N2O2S. The Hall–Kier alpha value is -0.910. The largest absolute Gasteiger partial charge is 0.395 e. The fraction of sp³-hybridized carbons (Fsp3) is 0.545. The van der Waals surface area contributed by atoms with Crippen LogP contribution in [0.25, 0.3) is 0 Å². The van der Waals surface area contributed by atoms with Gasteiger partial charge in [-0.05, 0) is 11.4 Å². The van der Waals surface area contributed by atoms with Crippen molar-refractivity contribution in [1.29, 1.82) is 0 Å². The number of nitrogens with zero attached hydrogens (tertiary/aromatic N) is 2. The monoisotopic (exact) mass is 240 g/mol. The van der Waals surface area contributed by atoms with Crippen LogP contribution in [0.5, 0.6) is 0 Å². The zero-order chi connectivity index (χ0) is 11.4. The Morgan fingerprint density at radius 1 is 1.38 bits per heavy atom. The van der Waals surface area contributed by atoms with E-state index in [0.29, 0.717) is 6.54 Å². The first-order valence-corrected chi connectivity index (χ1v) is 6.35. The van der Waals surface area contributed by atoms with Crippen molar-refractivity contribution in [1.82, 2.24) is 9.80 Å². The zero-order valence-corrected chi connectivity index (χ0v) is 9.95. The molecule has 0 radical (unpaired) electrons. The fourth-order valence-electron chi connectivity index (χ4n) is 1.87. The normalized spacial score (nSPS) is 17.7. The van der Waals surface area contributed by atoms with Gasteiger partial charge in [0.2, 0.25) is 0 Å². The summed E-state index contributed by atoms with van der Waals surface area (Å²) in [5, 5.41) is 10.7. The van der Waals surface area contributed by atoms with Gasteiger partial charge in [0.25, 0.3) is 5.91 Å². The molecular weight excluding hydrogens is 224 g/mol. The molecule has 2 rings (SSSR count). The van der Waals surface area contributed by atoms with E-state index in [4.69, 9.17) is 5.11 Å². The maximum Gasteiger partial charge on any atom is 0.264 e. The summed E-state index contributed by atoms with van der Waals surface area (Å²) in [4.78, 5) is 16.9. The molecule has 0 atom stereocenters. The lowest BCUT2D eigenvalue weighted by Gasteiger charge is -2.34. The van der Waals surface area contributed by atoms with E-state index in [1.54, 1.807) is 0 Å². The molecule has 1 saturated heterocycles. The van der Waals surface area contributed by atoms with Crippen LogP contribution in [0.1, 0.15) is 9.67 Å². The van der Waals surface area contributed by atoms with Crippen molar-refractivity contribution in [2.45, 2.75) is 0 Å². The first-order chi connectivity index (χ1) is 7.81. The average molecular weight is 240 g/mol. The number of carbonyl (C=O) groups is 1. The molecule has 0 spiro atoms. The number of β-amino-alcohol motifs (C(OH)–C–C–N with tert-alkyl or cyclic N) is 1. The third-order valence-corrected chi connectivity index (χ3v) is 3.67. The molecule has 1 aromatic heterocycles. The van der Waals surface area contributed by atoms with Crippen LogP contribution in [0.15, 0.2) is 17.5 Å². The van der Waals surface area contributed by atoms with Crippen molar-refractivity contribution in [3.8, 4) is 0 Å². The smallest absolute Gasteiger partial charge is 0.264 e. The Balaban J connectivity index is 1.87. The van der Waals surface area contributed by atoms with Gasteiger partial charge in [-0.3, -0.25) is 9.69 Å². The lowest BCUT2D eigenvalue weighted by atomic mass is 10.3. The Morgan fingerprint density at radius 2 is 2.12 bits per heavy atom. The number of aliphatic hydroxyl groups excluding tert-OH is 1. The minimum absolute atomic E-state index is 0.138.